The zero-order chi connectivity index (χ0) is 20.5. The molecule has 1 fully saturated rings. The summed E-state index contributed by atoms with van der Waals surface area (Å²) in [6.45, 7) is 2.05. The molecule has 5 atom stereocenters. The van der Waals surface area contributed by atoms with Crippen LogP contribution in [0.25, 0.3) is 4.91 Å². The summed E-state index contributed by atoms with van der Waals surface area (Å²) >= 11 is 1.80. The third-order valence-corrected chi connectivity index (χ3v) is 6.99. The number of aryl methyl sites for hydroxylation is 1. The molecule has 0 aromatic heterocycles. The predicted molar refractivity (Wildman–Crippen MR) is 112 cm³/mol. The first-order valence-electron chi connectivity index (χ1n) is 9.80. The van der Waals surface area contributed by atoms with E-state index in [-0.39, 0.29) is 12.4 Å². The summed E-state index contributed by atoms with van der Waals surface area (Å²) in [7, 11) is 0. The normalized spacial score (nSPS) is 29.7. The lowest BCUT2D eigenvalue weighted by molar-refractivity contribution is -0.189. The quantitative estimate of drug-likeness (QED) is 0.713. The maximum absolute atomic E-state index is 13.2. The fourth-order valence-corrected chi connectivity index (χ4v) is 5.15. The van der Waals surface area contributed by atoms with Crippen LogP contribution in [-0.2, 0) is 11.2 Å². The first-order chi connectivity index (χ1) is 13.9. The molecule has 4 rings (SSSR count). The molecule has 1 unspecified atom stereocenters. The molecule has 29 heavy (non-hydrogen) atoms. The highest BCUT2D eigenvalue weighted by Gasteiger charge is 2.38. The van der Waals surface area contributed by atoms with Crippen molar-refractivity contribution in [1.29, 1.82) is 0 Å². The molecule has 2 heterocycles. The van der Waals surface area contributed by atoms with E-state index in [9.17, 15) is 19.7 Å². The number of ether oxygens (including phenoxy) is 1. The molecule has 2 aromatic carbocycles. The van der Waals surface area contributed by atoms with Crippen LogP contribution in [0.3, 0.4) is 0 Å². The Morgan fingerprint density at radius 1 is 1.07 bits per heavy atom. The van der Waals surface area contributed by atoms with Gasteiger partial charge in [0.1, 0.15) is 30.2 Å². The van der Waals surface area contributed by atoms with Crippen LogP contribution in [0.5, 0.6) is 0 Å². The van der Waals surface area contributed by atoms with Gasteiger partial charge in [-0.25, -0.2) is 4.39 Å². The molecule has 0 aliphatic carbocycles. The minimum Gasteiger partial charge on any atom is -0.388 e. The molecule has 6 heteroatoms. The van der Waals surface area contributed by atoms with Crippen LogP contribution in [0.1, 0.15) is 34.8 Å². The summed E-state index contributed by atoms with van der Waals surface area (Å²) in [5.74, 6) is -0.230. The molecule has 154 valence electrons. The van der Waals surface area contributed by atoms with E-state index in [1.807, 2.05) is 30.3 Å². The highest BCUT2D eigenvalue weighted by molar-refractivity contribution is 8.09. The van der Waals surface area contributed by atoms with Gasteiger partial charge in [0.15, 0.2) is 0 Å². The van der Waals surface area contributed by atoms with Crippen molar-refractivity contribution in [3.63, 3.8) is 0 Å². The number of halogens is 1. The molecule has 0 spiro atoms. The molecule has 1 saturated heterocycles. The fourth-order valence-electron chi connectivity index (χ4n) is 3.87. The summed E-state index contributed by atoms with van der Waals surface area (Å²) in [5.41, 5.74) is 4.18. The van der Waals surface area contributed by atoms with E-state index in [2.05, 4.69) is 13.0 Å². The first kappa shape index (κ1) is 20.6. The topological polar surface area (TPSA) is 69.9 Å². The number of allylic oxidation sites excluding steroid dienone is 1. The number of hydrogen-bond acceptors (Lipinski definition) is 5. The van der Waals surface area contributed by atoms with E-state index in [0.717, 1.165) is 29.5 Å². The van der Waals surface area contributed by atoms with Crippen molar-refractivity contribution in [2.75, 3.05) is 6.61 Å². The minimum atomic E-state index is -1.22. The molecular formula is C23H25FO4S. The first-order valence-corrected chi connectivity index (χ1v) is 10.7. The Balaban J connectivity index is 1.46. The lowest BCUT2D eigenvalue weighted by atomic mass is 9.91. The smallest absolute Gasteiger partial charge is 0.123 e. The van der Waals surface area contributed by atoms with Gasteiger partial charge < -0.3 is 20.1 Å². The molecule has 2 aromatic rings. The number of benzene rings is 2. The van der Waals surface area contributed by atoms with Crippen molar-refractivity contribution < 1.29 is 24.4 Å². The summed E-state index contributed by atoms with van der Waals surface area (Å²) in [4.78, 5) is 1.17. The van der Waals surface area contributed by atoms with Crippen molar-refractivity contribution in [2.45, 2.75) is 49.4 Å². The second-order valence-corrected chi connectivity index (χ2v) is 9.09. The van der Waals surface area contributed by atoms with Crippen LogP contribution in [-0.4, -0.2) is 45.5 Å². The average Bonchev–Trinajstić information content (AvgIpc) is 3.17. The summed E-state index contributed by atoms with van der Waals surface area (Å²) in [5, 5.41) is 30.3. The van der Waals surface area contributed by atoms with Crippen LogP contribution in [0, 0.1) is 12.7 Å². The molecule has 4 nitrogen and oxygen atoms in total. The van der Waals surface area contributed by atoms with Crippen molar-refractivity contribution >= 4 is 16.7 Å². The SMILES string of the molecule is Cc1ccc([C@@H]2OC[C@@H](O)[C@H](O)[C@H]2O)cc1CC1CC=C(c2ccc(F)cc2)S1. The fraction of sp³-hybridized carbons (Fsp3) is 0.391. The van der Waals surface area contributed by atoms with Crippen molar-refractivity contribution in [1.82, 2.24) is 0 Å². The third kappa shape index (κ3) is 4.42. The van der Waals surface area contributed by atoms with Gasteiger partial charge >= 0.3 is 0 Å². The van der Waals surface area contributed by atoms with Gasteiger partial charge in [-0.3, -0.25) is 0 Å². The zero-order valence-electron chi connectivity index (χ0n) is 16.2. The van der Waals surface area contributed by atoms with E-state index in [1.54, 1.807) is 11.8 Å². The van der Waals surface area contributed by atoms with Crippen molar-refractivity contribution in [3.05, 3.63) is 76.6 Å². The number of aliphatic hydroxyl groups excluding tert-OH is 3. The van der Waals surface area contributed by atoms with Crippen LogP contribution in [0.4, 0.5) is 4.39 Å². The maximum atomic E-state index is 13.2. The minimum absolute atomic E-state index is 0.00443. The molecule has 3 N–H and O–H groups in total. The van der Waals surface area contributed by atoms with E-state index in [1.165, 1.54) is 22.6 Å². The van der Waals surface area contributed by atoms with Gasteiger partial charge in [0.25, 0.3) is 0 Å². The maximum Gasteiger partial charge on any atom is 0.123 e. The number of thioether (sulfide) groups is 1. The second kappa shape index (κ2) is 8.58. The second-order valence-electron chi connectivity index (χ2n) is 7.74. The van der Waals surface area contributed by atoms with Gasteiger partial charge in [-0.2, -0.15) is 0 Å². The van der Waals surface area contributed by atoms with Crippen molar-refractivity contribution in [3.8, 4) is 0 Å². The Bertz CT molecular complexity index is 898. The summed E-state index contributed by atoms with van der Waals surface area (Å²) in [6, 6.07) is 12.5. The highest BCUT2D eigenvalue weighted by atomic mass is 32.2. The van der Waals surface area contributed by atoms with Gasteiger partial charge in [-0.15, -0.1) is 11.8 Å². The summed E-state index contributed by atoms with van der Waals surface area (Å²) < 4.78 is 18.8. The molecule has 0 amide bonds. The Kier molecular flexibility index (Phi) is 6.08. The van der Waals surface area contributed by atoms with Gasteiger partial charge in [0, 0.05) is 10.2 Å². The van der Waals surface area contributed by atoms with E-state index < -0.39 is 24.4 Å². The third-order valence-electron chi connectivity index (χ3n) is 5.64. The predicted octanol–water partition coefficient (Wildman–Crippen LogP) is 3.38. The number of rotatable bonds is 4. The zero-order valence-corrected chi connectivity index (χ0v) is 17.0. The number of hydrogen-bond donors (Lipinski definition) is 3. The average molecular weight is 417 g/mol. The van der Waals surface area contributed by atoms with Gasteiger partial charge in [0.05, 0.1) is 6.61 Å². The molecule has 0 saturated carbocycles. The van der Waals surface area contributed by atoms with Gasteiger partial charge in [-0.1, -0.05) is 36.4 Å². The molecule has 2 aliphatic heterocycles. The number of aliphatic hydroxyl groups is 3. The molecule has 0 radical (unpaired) electrons. The monoisotopic (exact) mass is 416 g/mol. The Morgan fingerprint density at radius 2 is 1.83 bits per heavy atom. The Labute approximate surface area is 174 Å². The van der Waals surface area contributed by atoms with Crippen LogP contribution in [0.15, 0.2) is 48.5 Å². The summed E-state index contributed by atoms with van der Waals surface area (Å²) in [6.07, 6.45) is -0.108. The molecule has 2 aliphatic rings. The lowest BCUT2D eigenvalue weighted by Gasteiger charge is -2.35. The lowest BCUT2D eigenvalue weighted by Crippen LogP contribution is -2.49. The Morgan fingerprint density at radius 3 is 2.59 bits per heavy atom. The highest BCUT2D eigenvalue weighted by Crippen LogP contribution is 2.41. The van der Waals surface area contributed by atoms with Crippen LogP contribution < -0.4 is 0 Å². The standard InChI is InChI=1S/C23H25FO4S/c1-13-2-3-15(23-22(27)21(26)19(25)12-28-23)10-16(13)11-18-8-9-20(29-18)14-4-6-17(24)7-5-14/h2-7,9-10,18-19,21-23,25-27H,8,11-12H2,1H3/t18?,19-,21+,22-,23+/m1/s1. The van der Waals surface area contributed by atoms with Crippen LogP contribution in [0.2, 0.25) is 0 Å². The molecular weight excluding hydrogens is 391 g/mol. The largest absolute Gasteiger partial charge is 0.388 e. The van der Waals surface area contributed by atoms with E-state index >= 15 is 0 Å². The van der Waals surface area contributed by atoms with E-state index in [0.29, 0.717) is 5.25 Å². The van der Waals surface area contributed by atoms with Crippen molar-refractivity contribution in [2.24, 2.45) is 0 Å². The van der Waals surface area contributed by atoms with Gasteiger partial charge in [0.2, 0.25) is 0 Å². The van der Waals surface area contributed by atoms with Gasteiger partial charge in [-0.05, 0) is 54.2 Å². The van der Waals surface area contributed by atoms with Crippen LogP contribution >= 0.6 is 11.8 Å². The molecule has 0 bridgehead atoms. The Hall–Kier alpha value is -1.70. The van der Waals surface area contributed by atoms with E-state index in [4.69, 9.17) is 4.74 Å².